The Labute approximate surface area is 196 Å². The first-order valence-electron chi connectivity index (χ1n) is 11.4. The summed E-state index contributed by atoms with van der Waals surface area (Å²) in [7, 11) is 0. The zero-order valence-corrected chi connectivity index (χ0v) is 18.7. The molecule has 0 spiro atoms. The Morgan fingerprint density at radius 2 is 1.24 bits per heavy atom. The monoisotopic (exact) mass is 496 g/mol. The molecule has 3 aliphatic rings. The van der Waals surface area contributed by atoms with Crippen LogP contribution in [0.4, 0.5) is 0 Å². The Morgan fingerprint density at radius 1 is 0.706 bits per heavy atom. The molecule has 0 saturated carbocycles. The van der Waals surface area contributed by atoms with Gasteiger partial charge in [0.1, 0.15) is 48.8 Å². The van der Waals surface area contributed by atoms with Gasteiger partial charge in [-0.3, -0.25) is 0 Å². The van der Waals surface area contributed by atoms with Crippen molar-refractivity contribution in [3.63, 3.8) is 0 Å². The maximum absolute atomic E-state index is 10.1. The lowest BCUT2D eigenvalue weighted by Crippen LogP contribution is -2.59. The Morgan fingerprint density at radius 3 is 1.74 bits per heavy atom. The van der Waals surface area contributed by atoms with Crippen LogP contribution in [0.25, 0.3) is 0 Å². The number of hydrogen-bond acceptors (Lipinski definition) is 13. The summed E-state index contributed by atoms with van der Waals surface area (Å²) in [6.07, 6.45) is -12.0. The Balaban J connectivity index is 1.52. The second-order valence-electron chi connectivity index (χ2n) is 8.87. The number of aliphatic hydroxyl groups excluding tert-OH is 9. The van der Waals surface area contributed by atoms with E-state index in [4.69, 9.17) is 18.9 Å². The molecule has 198 valence electrons. The van der Waals surface area contributed by atoms with Gasteiger partial charge in [0.25, 0.3) is 0 Å². The van der Waals surface area contributed by atoms with E-state index < -0.39 is 74.6 Å². The van der Waals surface area contributed by atoms with Crippen LogP contribution in [-0.4, -0.2) is 140 Å². The van der Waals surface area contributed by atoms with Crippen LogP contribution in [0, 0.1) is 5.92 Å². The van der Waals surface area contributed by atoms with Gasteiger partial charge in [0.15, 0.2) is 12.6 Å². The highest BCUT2D eigenvalue weighted by Crippen LogP contribution is 2.35. The predicted molar refractivity (Wildman–Crippen MR) is 111 cm³/mol. The van der Waals surface area contributed by atoms with Crippen molar-refractivity contribution in [1.29, 1.82) is 0 Å². The molecule has 1 aliphatic carbocycles. The minimum atomic E-state index is -1.54. The maximum atomic E-state index is 10.1. The second kappa shape index (κ2) is 12.5. The quantitative estimate of drug-likeness (QED) is 0.131. The summed E-state index contributed by atoms with van der Waals surface area (Å²) in [6, 6.07) is 0. The fourth-order valence-electron chi connectivity index (χ4n) is 4.60. The predicted octanol–water partition coefficient (Wildman–Crippen LogP) is -4.29. The van der Waals surface area contributed by atoms with Crippen LogP contribution in [0.2, 0.25) is 0 Å². The van der Waals surface area contributed by atoms with Gasteiger partial charge >= 0.3 is 0 Å². The second-order valence-corrected chi connectivity index (χ2v) is 8.87. The van der Waals surface area contributed by atoms with Gasteiger partial charge in [-0.2, -0.15) is 0 Å². The molecule has 0 aromatic rings. The highest BCUT2D eigenvalue weighted by molar-refractivity contribution is 5.23. The summed E-state index contributed by atoms with van der Waals surface area (Å²) in [4.78, 5) is 0. The van der Waals surface area contributed by atoms with Gasteiger partial charge in [0.05, 0.1) is 33.0 Å². The fourth-order valence-corrected chi connectivity index (χ4v) is 4.60. The largest absolute Gasteiger partial charge is 0.394 e. The molecule has 0 bridgehead atoms. The number of ether oxygens (including phenoxy) is 4. The SMILES string of the molecule is OCC1=C(CCO[C@@H]2O[C@H](CO)[C@@H](O)[C@@H](O)[C@H]2O)CC[C@@H]1CO[C@@H]1O[C@H](CO)[C@@H](O)[C@@H](O)[C@H]1O. The zero-order valence-electron chi connectivity index (χ0n) is 18.7. The molecule has 2 saturated heterocycles. The lowest BCUT2D eigenvalue weighted by atomic mass is 9.99. The lowest BCUT2D eigenvalue weighted by Gasteiger charge is -2.40. The van der Waals surface area contributed by atoms with E-state index in [0.717, 1.165) is 11.1 Å². The summed E-state index contributed by atoms with van der Waals surface area (Å²) < 4.78 is 21.8. The smallest absolute Gasteiger partial charge is 0.186 e. The third-order valence-electron chi connectivity index (χ3n) is 6.76. The van der Waals surface area contributed by atoms with Crippen molar-refractivity contribution in [3.8, 4) is 0 Å². The maximum Gasteiger partial charge on any atom is 0.186 e. The van der Waals surface area contributed by atoms with Crippen LogP contribution in [0.15, 0.2) is 11.1 Å². The van der Waals surface area contributed by atoms with E-state index in [1.807, 2.05) is 0 Å². The number of rotatable bonds is 10. The topological polar surface area (TPSA) is 219 Å². The van der Waals surface area contributed by atoms with E-state index in [1.54, 1.807) is 0 Å². The van der Waals surface area contributed by atoms with E-state index in [-0.39, 0.29) is 25.7 Å². The molecule has 0 radical (unpaired) electrons. The first-order chi connectivity index (χ1) is 16.2. The van der Waals surface area contributed by atoms with Crippen LogP contribution in [0.5, 0.6) is 0 Å². The minimum absolute atomic E-state index is 0.0651. The summed E-state index contributed by atoms with van der Waals surface area (Å²) in [6.45, 7) is -1.20. The molecule has 9 N–H and O–H groups in total. The normalized spacial score (nSPS) is 43.5. The van der Waals surface area contributed by atoms with Crippen molar-refractivity contribution >= 4 is 0 Å². The van der Waals surface area contributed by atoms with E-state index in [9.17, 15) is 46.0 Å². The van der Waals surface area contributed by atoms with Gasteiger partial charge in [-0.05, 0) is 24.8 Å². The molecule has 2 fully saturated rings. The highest BCUT2D eigenvalue weighted by atomic mass is 16.7. The van der Waals surface area contributed by atoms with Gasteiger partial charge in [0.2, 0.25) is 0 Å². The van der Waals surface area contributed by atoms with Crippen molar-refractivity contribution in [3.05, 3.63) is 11.1 Å². The molecular weight excluding hydrogens is 460 g/mol. The first-order valence-corrected chi connectivity index (χ1v) is 11.4. The first kappa shape index (κ1) is 27.8. The van der Waals surface area contributed by atoms with Crippen LogP contribution >= 0.6 is 0 Å². The summed E-state index contributed by atoms with van der Waals surface area (Å²) in [5.74, 6) is -0.195. The van der Waals surface area contributed by atoms with Crippen molar-refractivity contribution in [2.24, 2.45) is 5.92 Å². The summed E-state index contributed by atoms with van der Waals surface area (Å²) in [5, 5.41) is 88.0. The van der Waals surface area contributed by atoms with Crippen LogP contribution in [0.1, 0.15) is 19.3 Å². The Hall–Kier alpha value is -0.780. The van der Waals surface area contributed by atoms with Crippen LogP contribution in [0.3, 0.4) is 0 Å². The van der Waals surface area contributed by atoms with Gasteiger partial charge in [-0.1, -0.05) is 5.57 Å². The highest BCUT2D eigenvalue weighted by Gasteiger charge is 2.45. The molecule has 0 aromatic carbocycles. The molecule has 34 heavy (non-hydrogen) atoms. The molecule has 0 amide bonds. The van der Waals surface area contributed by atoms with E-state index in [0.29, 0.717) is 19.3 Å². The van der Waals surface area contributed by atoms with E-state index in [1.165, 1.54) is 0 Å². The van der Waals surface area contributed by atoms with Crippen LogP contribution < -0.4 is 0 Å². The Kier molecular flexibility index (Phi) is 10.2. The van der Waals surface area contributed by atoms with Crippen molar-refractivity contribution in [2.75, 3.05) is 33.0 Å². The van der Waals surface area contributed by atoms with Gasteiger partial charge in [0, 0.05) is 5.92 Å². The molecule has 0 aromatic heterocycles. The lowest BCUT2D eigenvalue weighted by molar-refractivity contribution is -0.302. The van der Waals surface area contributed by atoms with Crippen molar-refractivity contribution in [2.45, 2.75) is 80.7 Å². The van der Waals surface area contributed by atoms with E-state index in [2.05, 4.69) is 0 Å². The molecule has 2 aliphatic heterocycles. The summed E-state index contributed by atoms with van der Waals surface area (Å²) >= 11 is 0. The summed E-state index contributed by atoms with van der Waals surface area (Å²) in [5.41, 5.74) is 1.64. The zero-order chi connectivity index (χ0) is 25.0. The molecule has 3 rings (SSSR count). The van der Waals surface area contributed by atoms with Gasteiger partial charge < -0.3 is 64.9 Å². The fraction of sp³-hybridized carbons (Fsp3) is 0.905. The average molecular weight is 497 g/mol. The van der Waals surface area contributed by atoms with Crippen LogP contribution in [-0.2, 0) is 18.9 Å². The third-order valence-corrected chi connectivity index (χ3v) is 6.76. The van der Waals surface area contributed by atoms with Gasteiger partial charge in [-0.15, -0.1) is 0 Å². The van der Waals surface area contributed by atoms with Gasteiger partial charge in [-0.25, -0.2) is 0 Å². The molecule has 13 nitrogen and oxygen atoms in total. The third kappa shape index (κ3) is 5.95. The molecule has 0 unspecified atom stereocenters. The molecular formula is C21H36O13. The number of aliphatic hydroxyl groups is 9. The Bertz CT molecular complexity index is 671. The average Bonchev–Trinajstić information content (AvgIpc) is 3.23. The van der Waals surface area contributed by atoms with Crippen molar-refractivity contribution in [1.82, 2.24) is 0 Å². The van der Waals surface area contributed by atoms with E-state index >= 15 is 0 Å². The standard InChI is InChI=1S/C21H36O13/c22-5-11-9(3-4-31-20-18(29)16(27)14(25)12(6-23)33-20)1-2-10(11)8-32-21-19(30)17(28)15(26)13(7-24)34-21/h10,12-30H,1-8H2/t10-,12-,13-,14-,15-,16-,17-,18-,19-,20-,21-/m1/s1. The van der Waals surface area contributed by atoms with Crippen molar-refractivity contribution < 1.29 is 64.9 Å². The molecule has 11 atom stereocenters. The molecule has 2 heterocycles. The minimum Gasteiger partial charge on any atom is -0.394 e. The number of hydrogen-bond donors (Lipinski definition) is 9. The molecule has 13 heteroatoms.